The Bertz CT molecular complexity index is 573. The second-order valence-corrected chi connectivity index (χ2v) is 6.26. The van der Waals surface area contributed by atoms with Gasteiger partial charge in [0, 0.05) is 13.1 Å². The summed E-state index contributed by atoms with van der Waals surface area (Å²) >= 11 is 0. The van der Waals surface area contributed by atoms with Crippen LogP contribution in [0.4, 0.5) is 0 Å². The maximum atomic E-state index is 12.6. The number of carbonyl (C=O) groups excluding carboxylic acids is 1. The van der Waals surface area contributed by atoms with Crippen LogP contribution in [0.15, 0.2) is 29.8 Å². The minimum Gasteiger partial charge on any atom is -0.508 e. The summed E-state index contributed by atoms with van der Waals surface area (Å²) in [5.74, 6) is 0.528. The Hall–Kier alpha value is -2.28. The SMILES string of the molecule is CC(C)CN(CC(C)C)C(=O)/C(C#N)=C/c1cccc(O)c1. The highest BCUT2D eigenvalue weighted by Crippen LogP contribution is 2.16. The van der Waals surface area contributed by atoms with Crippen molar-refractivity contribution in [3.63, 3.8) is 0 Å². The number of hydrogen-bond donors (Lipinski definition) is 1. The van der Waals surface area contributed by atoms with Gasteiger partial charge in [0.2, 0.25) is 0 Å². The van der Waals surface area contributed by atoms with Gasteiger partial charge in [-0.05, 0) is 35.6 Å². The molecule has 0 bridgehead atoms. The molecule has 0 saturated heterocycles. The number of amides is 1. The number of nitrogens with zero attached hydrogens (tertiary/aromatic N) is 2. The van der Waals surface area contributed by atoms with Gasteiger partial charge in [-0.2, -0.15) is 5.26 Å². The zero-order valence-electron chi connectivity index (χ0n) is 13.7. The van der Waals surface area contributed by atoms with Crippen LogP contribution in [0, 0.1) is 23.2 Å². The fourth-order valence-corrected chi connectivity index (χ4v) is 2.22. The molecule has 0 atom stereocenters. The Morgan fingerprint density at radius 1 is 1.27 bits per heavy atom. The number of aromatic hydroxyl groups is 1. The average molecular weight is 300 g/mol. The highest BCUT2D eigenvalue weighted by Gasteiger charge is 2.20. The molecule has 0 unspecified atom stereocenters. The van der Waals surface area contributed by atoms with E-state index in [1.807, 2.05) is 33.8 Å². The smallest absolute Gasteiger partial charge is 0.264 e. The third kappa shape index (κ3) is 5.61. The third-order valence-electron chi connectivity index (χ3n) is 2.99. The molecule has 1 rings (SSSR count). The molecule has 0 spiro atoms. The van der Waals surface area contributed by atoms with E-state index in [2.05, 4.69) is 0 Å². The third-order valence-corrected chi connectivity index (χ3v) is 2.99. The Morgan fingerprint density at radius 3 is 2.32 bits per heavy atom. The predicted octanol–water partition coefficient (Wildman–Crippen LogP) is 3.44. The molecule has 0 aliphatic rings. The van der Waals surface area contributed by atoms with Gasteiger partial charge in [0.15, 0.2) is 0 Å². The number of carbonyl (C=O) groups is 1. The molecule has 118 valence electrons. The van der Waals surface area contributed by atoms with Gasteiger partial charge in [0.1, 0.15) is 17.4 Å². The molecule has 0 heterocycles. The fraction of sp³-hybridized carbons (Fsp3) is 0.444. The highest BCUT2D eigenvalue weighted by atomic mass is 16.3. The Balaban J connectivity index is 3.05. The molecule has 0 aromatic heterocycles. The number of benzene rings is 1. The fourth-order valence-electron chi connectivity index (χ4n) is 2.22. The van der Waals surface area contributed by atoms with E-state index in [9.17, 15) is 15.2 Å². The average Bonchev–Trinajstić information content (AvgIpc) is 2.42. The van der Waals surface area contributed by atoms with Crippen LogP contribution in [0.25, 0.3) is 6.08 Å². The lowest BCUT2D eigenvalue weighted by Crippen LogP contribution is -2.37. The van der Waals surface area contributed by atoms with E-state index in [-0.39, 0.29) is 17.2 Å². The van der Waals surface area contributed by atoms with Gasteiger partial charge in [-0.15, -0.1) is 0 Å². The second kappa shape index (κ2) is 8.23. The van der Waals surface area contributed by atoms with E-state index in [4.69, 9.17) is 0 Å². The van der Waals surface area contributed by atoms with E-state index in [1.165, 1.54) is 12.1 Å². The first-order chi connectivity index (χ1) is 10.3. The molecule has 1 aromatic rings. The number of hydrogen-bond acceptors (Lipinski definition) is 3. The summed E-state index contributed by atoms with van der Waals surface area (Å²) in [5.41, 5.74) is 0.728. The summed E-state index contributed by atoms with van der Waals surface area (Å²) in [6.45, 7) is 9.43. The van der Waals surface area contributed by atoms with E-state index < -0.39 is 0 Å². The summed E-state index contributed by atoms with van der Waals surface area (Å²) < 4.78 is 0. The normalized spacial score (nSPS) is 11.6. The van der Waals surface area contributed by atoms with Crippen molar-refractivity contribution in [3.8, 4) is 11.8 Å². The molecule has 4 heteroatoms. The molecule has 1 N–H and O–H groups in total. The lowest BCUT2D eigenvalue weighted by atomic mass is 10.1. The van der Waals surface area contributed by atoms with Crippen LogP contribution in [0.3, 0.4) is 0 Å². The largest absolute Gasteiger partial charge is 0.508 e. The first-order valence-corrected chi connectivity index (χ1v) is 7.53. The summed E-state index contributed by atoms with van der Waals surface area (Å²) in [7, 11) is 0. The van der Waals surface area contributed by atoms with E-state index >= 15 is 0 Å². The first kappa shape index (κ1) is 17.8. The van der Waals surface area contributed by atoms with Crippen LogP contribution < -0.4 is 0 Å². The molecule has 4 nitrogen and oxygen atoms in total. The van der Waals surface area contributed by atoms with Gasteiger partial charge in [-0.1, -0.05) is 39.8 Å². The Morgan fingerprint density at radius 2 is 1.86 bits per heavy atom. The van der Waals surface area contributed by atoms with Crippen LogP contribution in [0.1, 0.15) is 33.3 Å². The lowest BCUT2D eigenvalue weighted by molar-refractivity contribution is -0.127. The molecular weight excluding hydrogens is 276 g/mol. The van der Waals surface area contributed by atoms with Gasteiger partial charge in [-0.25, -0.2) is 0 Å². The van der Waals surface area contributed by atoms with Crippen LogP contribution in [0.2, 0.25) is 0 Å². The zero-order chi connectivity index (χ0) is 16.7. The monoisotopic (exact) mass is 300 g/mol. The Kier molecular flexibility index (Phi) is 6.65. The zero-order valence-corrected chi connectivity index (χ0v) is 13.7. The number of rotatable bonds is 6. The van der Waals surface area contributed by atoms with E-state index in [1.54, 1.807) is 23.1 Å². The lowest BCUT2D eigenvalue weighted by Gasteiger charge is -2.26. The van der Waals surface area contributed by atoms with Gasteiger partial charge in [0.25, 0.3) is 5.91 Å². The minimum absolute atomic E-state index is 0.0897. The topological polar surface area (TPSA) is 64.3 Å². The summed E-state index contributed by atoms with van der Waals surface area (Å²) in [6, 6.07) is 8.49. The van der Waals surface area contributed by atoms with Gasteiger partial charge >= 0.3 is 0 Å². The molecule has 0 saturated carbocycles. The van der Waals surface area contributed by atoms with Crippen molar-refractivity contribution in [2.75, 3.05) is 13.1 Å². The van der Waals surface area contributed by atoms with Gasteiger partial charge in [0.05, 0.1) is 0 Å². The molecule has 22 heavy (non-hydrogen) atoms. The molecule has 0 fully saturated rings. The summed E-state index contributed by atoms with van der Waals surface area (Å²) in [6.07, 6.45) is 1.52. The van der Waals surface area contributed by atoms with Crippen LogP contribution in [-0.4, -0.2) is 29.0 Å². The molecule has 1 amide bonds. The molecule has 0 aliphatic heterocycles. The second-order valence-electron chi connectivity index (χ2n) is 6.26. The van der Waals surface area contributed by atoms with Crippen molar-refractivity contribution in [2.24, 2.45) is 11.8 Å². The van der Waals surface area contributed by atoms with E-state index in [0.717, 1.165) is 0 Å². The minimum atomic E-state index is -0.256. The van der Waals surface area contributed by atoms with Crippen molar-refractivity contribution < 1.29 is 9.90 Å². The standard InChI is InChI=1S/C18H24N2O2/c1-13(2)11-20(12-14(3)4)18(22)16(10-19)8-15-6-5-7-17(21)9-15/h5-9,13-14,21H,11-12H2,1-4H3/b16-8+. The van der Waals surface area contributed by atoms with Crippen molar-refractivity contribution in [3.05, 3.63) is 35.4 Å². The van der Waals surface area contributed by atoms with Crippen LogP contribution in [-0.2, 0) is 4.79 Å². The quantitative estimate of drug-likeness (QED) is 0.646. The van der Waals surface area contributed by atoms with Crippen molar-refractivity contribution in [1.82, 2.24) is 4.90 Å². The highest BCUT2D eigenvalue weighted by molar-refractivity contribution is 6.01. The maximum absolute atomic E-state index is 12.6. The first-order valence-electron chi connectivity index (χ1n) is 7.53. The Labute approximate surface area is 132 Å². The predicted molar refractivity (Wildman–Crippen MR) is 88.0 cm³/mol. The van der Waals surface area contributed by atoms with Crippen molar-refractivity contribution in [2.45, 2.75) is 27.7 Å². The van der Waals surface area contributed by atoms with Crippen LogP contribution in [0.5, 0.6) is 5.75 Å². The van der Waals surface area contributed by atoms with Crippen LogP contribution >= 0.6 is 0 Å². The number of phenolic OH excluding ortho intramolecular Hbond substituents is 1. The molecule has 0 aliphatic carbocycles. The van der Waals surface area contributed by atoms with Gasteiger partial charge in [-0.3, -0.25) is 4.79 Å². The number of nitriles is 1. The molecular formula is C18H24N2O2. The van der Waals surface area contributed by atoms with Crippen molar-refractivity contribution in [1.29, 1.82) is 5.26 Å². The van der Waals surface area contributed by atoms with Crippen molar-refractivity contribution >= 4 is 12.0 Å². The summed E-state index contributed by atoms with van der Waals surface area (Å²) in [4.78, 5) is 14.3. The number of phenols is 1. The molecule has 1 aromatic carbocycles. The van der Waals surface area contributed by atoms with E-state index in [0.29, 0.717) is 30.5 Å². The maximum Gasteiger partial charge on any atom is 0.264 e. The van der Waals surface area contributed by atoms with Gasteiger partial charge < -0.3 is 10.0 Å². The summed E-state index contributed by atoms with van der Waals surface area (Å²) in [5, 5.41) is 18.8. The molecule has 0 radical (unpaired) electrons.